The molecule has 3 nitrogen and oxygen atoms in total. The predicted molar refractivity (Wildman–Crippen MR) is 128 cm³/mol. The quantitative estimate of drug-likeness (QED) is 0.614. The number of allylic oxidation sites excluding steroid dienone is 3. The molecule has 0 spiro atoms. The number of aliphatic hydroxyl groups excluding tert-OH is 2. The molecule has 0 aromatic carbocycles. The van der Waals surface area contributed by atoms with Crippen LogP contribution < -0.4 is 0 Å². The first kappa shape index (κ1) is 22.8. The SMILES string of the molecule is CC(C)[C@@H](C)[C@@H]1C[C@@H]1[C@@H](C)[C@H]1CC[C@H]2[C@@H]3C[C@@H](O)C4=CC=CC(=O)[C@]4(C)[C@H]3[C@H](O)C[C@]12C. The van der Waals surface area contributed by atoms with Gasteiger partial charge in [-0.3, -0.25) is 4.79 Å². The summed E-state index contributed by atoms with van der Waals surface area (Å²) in [6.45, 7) is 14.1. The maximum absolute atomic E-state index is 13.1. The van der Waals surface area contributed by atoms with E-state index in [4.69, 9.17) is 0 Å². The highest BCUT2D eigenvalue weighted by Gasteiger charge is 2.66. The average molecular weight is 441 g/mol. The number of carbonyl (C=O) groups is 1. The van der Waals surface area contributed by atoms with Crippen LogP contribution in [0.25, 0.3) is 0 Å². The number of carbonyl (C=O) groups excluding carboxylic acids is 1. The molecular weight excluding hydrogens is 396 g/mol. The fraction of sp³-hybridized carbons (Fsp3) is 0.828. The fourth-order valence-corrected chi connectivity index (χ4v) is 9.56. The zero-order valence-corrected chi connectivity index (χ0v) is 20.9. The van der Waals surface area contributed by atoms with Gasteiger partial charge in [0.05, 0.1) is 17.6 Å². The van der Waals surface area contributed by atoms with Gasteiger partial charge in [-0.15, -0.1) is 0 Å². The fourth-order valence-electron chi connectivity index (χ4n) is 9.56. The maximum atomic E-state index is 13.1. The van der Waals surface area contributed by atoms with Crippen molar-refractivity contribution in [3.05, 3.63) is 23.8 Å². The molecular formula is C29H44O3. The molecule has 0 saturated heterocycles. The summed E-state index contributed by atoms with van der Waals surface area (Å²) in [6.07, 6.45) is 9.62. The van der Waals surface area contributed by atoms with Crippen LogP contribution in [0.1, 0.15) is 73.6 Å². The predicted octanol–water partition coefficient (Wildman–Crippen LogP) is 5.42. The largest absolute Gasteiger partial charge is 0.393 e. The summed E-state index contributed by atoms with van der Waals surface area (Å²) in [5.41, 5.74) is 0.190. The third kappa shape index (κ3) is 3.02. The molecule has 0 aliphatic heterocycles. The van der Waals surface area contributed by atoms with Crippen LogP contribution in [0.4, 0.5) is 0 Å². The highest BCUT2D eigenvalue weighted by atomic mass is 16.3. The molecule has 0 aromatic heterocycles. The van der Waals surface area contributed by atoms with Crippen molar-refractivity contribution in [2.24, 2.45) is 64.1 Å². The van der Waals surface area contributed by atoms with Crippen molar-refractivity contribution in [2.75, 3.05) is 0 Å². The molecule has 5 aliphatic rings. The molecule has 0 amide bonds. The van der Waals surface area contributed by atoms with Gasteiger partial charge in [-0.05, 0) is 103 Å². The number of ketones is 1. The smallest absolute Gasteiger partial charge is 0.166 e. The lowest BCUT2D eigenvalue weighted by atomic mass is 9.45. The second-order valence-electron chi connectivity index (χ2n) is 13.1. The Hall–Kier alpha value is -0.930. The van der Waals surface area contributed by atoms with Crippen molar-refractivity contribution < 1.29 is 15.0 Å². The number of hydrogen-bond donors (Lipinski definition) is 2. The van der Waals surface area contributed by atoms with Crippen molar-refractivity contribution in [3.8, 4) is 0 Å². The van der Waals surface area contributed by atoms with Crippen LogP contribution in [-0.4, -0.2) is 28.2 Å². The zero-order valence-electron chi connectivity index (χ0n) is 20.9. The van der Waals surface area contributed by atoms with E-state index in [0.29, 0.717) is 24.2 Å². The summed E-state index contributed by atoms with van der Waals surface area (Å²) >= 11 is 0. The molecule has 4 saturated carbocycles. The van der Waals surface area contributed by atoms with Crippen molar-refractivity contribution in [2.45, 2.75) is 85.9 Å². The van der Waals surface area contributed by atoms with E-state index in [-0.39, 0.29) is 23.0 Å². The van der Waals surface area contributed by atoms with Crippen molar-refractivity contribution >= 4 is 5.78 Å². The molecule has 32 heavy (non-hydrogen) atoms. The van der Waals surface area contributed by atoms with E-state index < -0.39 is 17.6 Å². The number of hydrogen-bond acceptors (Lipinski definition) is 3. The van der Waals surface area contributed by atoms with Crippen molar-refractivity contribution in [1.29, 1.82) is 0 Å². The Morgan fingerprint density at radius 3 is 2.44 bits per heavy atom. The maximum Gasteiger partial charge on any atom is 0.166 e. The lowest BCUT2D eigenvalue weighted by molar-refractivity contribution is -0.158. The van der Waals surface area contributed by atoms with E-state index in [2.05, 4.69) is 34.6 Å². The highest BCUT2D eigenvalue weighted by molar-refractivity contribution is 5.99. The van der Waals surface area contributed by atoms with Crippen LogP contribution in [0.2, 0.25) is 0 Å². The van der Waals surface area contributed by atoms with E-state index >= 15 is 0 Å². The lowest BCUT2D eigenvalue weighted by Gasteiger charge is -2.60. The van der Waals surface area contributed by atoms with Crippen LogP contribution in [0.15, 0.2) is 23.8 Å². The van der Waals surface area contributed by atoms with E-state index in [1.807, 2.05) is 13.0 Å². The molecule has 0 bridgehead atoms. The topological polar surface area (TPSA) is 57.5 Å². The van der Waals surface area contributed by atoms with Crippen LogP contribution in [-0.2, 0) is 4.79 Å². The summed E-state index contributed by atoms with van der Waals surface area (Å²) in [5.74, 6) is 5.27. The van der Waals surface area contributed by atoms with Crippen LogP contribution in [0.3, 0.4) is 0 Å². The van der Waals surface area contributed by atoms with Gasteiger partial charge in [0.25, 0.3) is 0 Å². The molecule has 4 fully saturated rings. The van der Waals surface area contributed by atoms with Crippen molar-refractivity contribution in [3.63, 3.8) is 0 Å². The summed E-state index contributed by atoms with van der Waals surface area (Å²) in [6, 6.07) is 0. The van der Waals surface area contributed by atoms with Crippen LogP contribution in [0, 0.1) is 64.1 Å². The van der Waals surface area contributed by atoms with E-state index in [0.717, 1.165) is 35.7 Å². The van der Waals surface area contributed by atoms with Gasteiger partial charge in [0, 0.05) is 5.92 Å². The molecule has 12 atom stereocenters. The molecule has 0 aromatic rings. The van der Waals surface area contributed by atoms with Gasteiger partial charge in [0.2, 0.25) is 0 Å². The molecule has 5 aliphatic carbocycles. The minimum Gasteiger partial charge on any atom is -0.393 e. The summed E-state index contributed by atoms with van der Waals surface area (Å²) in [7, 11) is 0. The summed E-state index contributed by atoms with van der Waals surface area (Å²) < 4.78 is 0. The first-order valence-corrected chi connectivity index (χ1v) is 13.3. The molecule has 0 radical (unpaired) electrons. The van der Waals surface area contributed by atoms with Gasteiger partial charge in [-0.1, -0.05) is 46.8 Å². The monoisotopic (exact) mass is 440 g/mol. The Morgan fingerprint density at radius 2 is 1.75 bits per heavy atom. The Morgan fingerprint density at radius 1 is 1.03 bits per heavy atom. The number of fused-ring (bicyclic) bond motifs is 5. The van der Waals surface area contributed by atoms with E-state index in [1.54, 1.807) is 12.2 Å². The first-order chi connectivity index (χ1) is 15.0. The van der Waals surface area contributed by atoms with E-state index in [1.165, 1.54) is 19.3 Å². The minimum absolute atomic E-state index is 0.0674. The number of aliphatic hydroxyl groups is 2. The Labute approximate surface area is 194 Å². The normalized spacial score (nSPS) is 51.5. The zero-order chi connectivity index (χ0) is 23.2. The number of rotatable bonds is 4. The van der Waals surface area contributed by atoms with Gasteiger partial charge in [-0.25, -0.2) is 0 Å². The third-order valence-corrected chi connectivity index (χ3v) is 11.6. The summed E-state index contributed by atoms with van der Waals surface area (Å²) in [5, 5.41) is 22.7. The molecule has 178 valence electrons. The second kappa shape index (κ2) is 7.54. The van der Waals surface area contributed by atoms with E-state index in [9.17, 15) is 15.0 Å². The Kier molecular flexibility index (Phi) is 5.38. The second-order valence-corrected chi connectivity index (χ2v) is 13.1. The Bertz CT molecular complexity index is 841. The van der Waals surface area contributed by atoms with Crippen LogP contribution >= 0.6 is 0 Å². The van der Waals surface area contributed by atoms with Gasteiger partial charge < -0.3 is 10.2 Å². The average Bonchev–Trinajstić information content (AvgIpc) is 3.44. The highest BCUT2D eigenvalue weighted by Crippen LogP contribution is 2.68. The Balaban J connectivity index is 1.42. The van der Waals surface area contributed by atoms with Crippen LogP contribution in [0.5, 0.6) is 0 Å². The molecule has 3 heteroatoms. The lowest BCUT2D eigenvalue weighted by Crippen LogP contribution is -2.61. The minimum atomic E-state index is -0.754. The van der Waals surface area contributed by atoms with Crippen molar-refractivity contribution in [1.82, 2.24) is 0 Å². The van der Waals surface area contributed by atoms with Gasteiger partial charge in [0.15, 0.2) is 5.78 Å². The first-order valence-electron chi connectivity index (χ1n) is 13.3. The third-order valence-electron chi connectivity index (χ3n) is 11.6. The molecule has 0 unspecified atom stereocenters. The molecule has 2 N–H and O–H groups in total. The van der Waals surface area contributed by atoms with Gasteiger partial charge >= 0.3 is 0 Å². The standard InChI is InChI=1S/C29H44O3/c1-15(2)16(3)18-12-19(18)17(4)21-10-11-22-20-13-24(30)23-8-7-9-26(32)29(23,6)27(20)25(31)14-28(21,22)5/h7-9,15-22,24-25,27,30-31H,10-14H2,1-6H3/t16-,17-,18+,19-,20+,21-,22+,24-,25-,27-,28-,29-/m1/s1. The van der Waals surface area contributed by atoms with Gasteiger partial charge in [-0.2, -0.15) is 0 Å². The molecule has 0 heterocycles. The van der Waals surface area contributed by atoms with Gasteiger partial charge in [0.1, 0.15) is 0 Å². The molecule has 5 rings (SSSR count). The summed E-state index contributed by atoms with van der Waals surface area (Å²) in [4.78, 5) is 13.1.